The van der Waals surface area contributed by atoms with E-state index < -0.39 is 0 Å². The summed E-state index contributed by atoms with van der Waals surface area (Å²) in [6, 6.07) is 0. The van der Waals surface area contributed by atoms with Crippen LogP contribution in [0.2, 0.25) is 0 Å². The first-order valence-electron chi connectivity index (χ1n) is 4.42. The molecule has 0 aliphatic heterocycles. The topological polar surface area (TPSA) is 0 Å². The summed E-state index contributed by atoms with van der Waals surface area (Å²) in [4.78, 5) is 0. The van der Waals surface area contributed by atoms with E-state index >= 15 is 0 Å². The summed E-state index contributed by atoms with van der Waals surface area (Å²) in [6.07, 6.45) is 13.2. The normalized spacial score (nSPS) is 13.3. The fourth-order valence-corrected chi connectivity index (χ4v) is 0.779. The summed E-state index contributed by atoms with van der Waals surface area (Å²) >= 11 is 0. The van der Waals surface area contributed by atoms with E-state index in [4.69, 9.17) is 0 Å². The van der Waals surface area contributed by atoms with E-state index in [2.05, 4.69) is 50.9 Å². The van der Waals surface area contributed by atoms with Gasteiger partial charge in [0.25, 0.3) is 0 Å². The van der Waals surface area contributed by atoms with Crippen molar-refractivity contribution in [1.82, 2.24) is 0 Å². The maximum absolute atomic E-state index is 3.59. The molecule has 2 heteroatoms. The molecule has 0 fully saturated rings. The average Bonchev–Trinajstić information content (AvgIpc) is 2.51. The molecule has 1 rings (SSSR count). The SMILES string of the molecule is C=CC=CC1=CC=CC1.CP(C)C.[V]. The van der Waals surface area contributed by atoms with Crippen molar-refractivity contribution in [2.75, 3.05) is 20.0 Å². The van der Waals surface area contributed by atoms with Crippen LogP contribution in [0, 0.1) is 0 Å². The quantitative estimate of drug-likeness (QED) is 0.510. The predicted octanol–water partition coefficient (Wildman–Crippen LogP) is 3.97. The van der Waals surface area contributed by atoms with Crippen LogP contribution in [-0.2, 0) is 18.6 Å². The van der Waals surface area contributed by atoms with E-state index in [9.17, 15) is 0 Å². The molecule has 0 amide bonds. The molecule has 0 N–H and O–H groups in total. The van der Waals surface area contributed by atoms with Gasteiger partial charge in [-0.25, -0.2) is 0 Å². The van der Waals surface area contributed by atoms with Gasteiger partial charge in [-0.1, -0.05) is 43.0 Å². The van der Waals surface area contributed by atoms with Crippen molar-refractivity contribution in [3.8, 4) is 0 Å². The third-order valence-corrected chi connectivity index (χ3v) is 1.25. The molecule has 0 saturated carbocycles. The van der Waals surface area contributed by atoms with Crippen LogP contribution < -0.4 is 0 Å². The molecule has 14 heavy (non-hydrogen) atoms. The second-order valence-electron chi connectivity index (χ2n) is 3.31. The molecule has 77 valence electrons. The molecule has 0 nitrogen and oxygen atoms in total. The molecule has 0 aromatic heterocycles. The second-order valence-corrected chi connectivity index (χ2v) is 5.99. The summed E-state index contributed by atoms with van der Waals surface area (Å²) in [7, 11) is 0.380. The van der Waals surface area contributed by atoms with Gasteiger partial charge in [0.05, 0.1) is 0 Å². The minimum atomic E-state index is 0. The minimum absolute atomic E-state index is 0. The van der Waals surface area contributed by atoms with Gasteiger partial charge in [0.1, 0.15) is 0 Å². The smallest absolute Gasteiger partial charge is 0 e. The summed E-state index contributed by atoms with van der Waals surface area (Å²) in [6.45, 7) is 10.3. The number of rotatable bonds is 2. The Labute approximate surface area is 102 Å². The molecule has 0 unspecified atom stereocenters. The van der Waals surface area contributed by atoms with Gasteiger partial charge in [-0.3, -0.25) is 0 Å². The van der Waals surface area contributed by atoms with E-state index in [0.717, 1.165) is 6.42 Å². The number of hydrogen-bond donors (Lipinski definition) is 0. The van der Waals surface area contributed by atoms with Crippen molar-refractivity contribution in [1.29, 1.82) is 0 Å². The van der Waals surface area contributed by atoms with E-state index in [1.807, 2.05) is 6.08 Å². The first-order chi connectivity index (χ1) is 6.16. The van der Waals surface area contributed by atoms with Gasteiger partial charge >= 0.3 is 0 Å². The van der Waals surface area contributed by atoms with Crippen LogP contribution in [-0.4, -0.2) is 20.0 Å². The summed E-state index contributed by atoms with van der Waals surface area (Å²) in [5.74, 6) is 0. The van der Waals surface area contributed by atoms with Crippen LogP contribution in [0.25, 0.3) is 0 Å². The minimum Gasteiger partial charge on any atom is -0.116 e. The fourth-order valence-electron chi connectivity index (χ4n) is 0.779. The van der Waals surface area contributed by atoms with Crippen molar-refractivity contribution >= 4 is 7.92 Å². The van der Waals surface area contributed by atoms with Gasteiger partial charge in [-0.15, -0.1) is 7.92 Å². The molecule has 1 aliphatic carbocycles. The van der Waals surface area contributed by atoms with Crippen LogP contribution in [0.15, 0.2) is 48.6 Å². The second kappa shape index (κ2) is 11.1. The molecule has 1 radical (unpaired) electrons. The molecular weight excluding hydrogens is 226 g/mol. The van der Waals surface area contributed by atoms with Gasteiger partial charge in [0.15, 0.2) is 0 Å². The van der Waals surface area contributed by atoms with Gasteiger partial charge in [-0.2, -0.15) is 0 Å². The molecule has 0 spiro atoms. The van der Waals surface area contributed by atoms with Gasteiger partial charge in [0, 0.05) is 18.6 Å². The maximum atomic E-state index is 3.59. The van der Waals surface area contributed by atoms with E-state index in [1.54, 1.807) is 6.08 Å². The van der Waals surface area contributed by atoms with Crippen LogP contribution in [0.5, 0.6) is 0 Å². The zero-order chi connectivity index (χ0) is 10.1. The Bertz CT molecular complexity index is 222. The Morgan fingerprint density at radius 3 is 2.29 bits per heavy atom. The van der Waals surface area contributed by atoms with Crippen molar-refractivity contribution in [3.63, 3.8) is 0 Å². The number of hydrogen-bond acceptors (Lipinski definition) is 0. The largest absolute Gasteiger partial charge is 0.116 e. The maximum Gasteiger partial charge on any atom is 0 e. The standard InChI is InChI=1S/C9H10.C3H9P.V/c1-2-3-6-9-7-4-5-8-9;1-4(2)3;/h2-7H,1,8H2;1-3H3;. The molecular formula is C12H19PV. The van der Waals surface area contributed by atoms with E-state index in [0.29, 0.717) is 7.92 Å². The zero-order valence-electron chi connectivity index (χ0n) is 9.27. The third kappa shape index (κ3) is 12.0. The third-order valence-electron chi connectivity index (χ3n) is 1.25. The van der Waals surface area contributed by atoms with Gasteiger partial charge in [0.2, 0.25) is 0 Å². The summed E-state index contributed by atoms with van der Waals surface area (Å²) in [5, 5.41) is 0. The van der Waals surface area contributed by atoms with Gasteiger partial charge in [-0.05, 0) is 32.0 Å². The van der Waals surface area contributed by atoms with Gasteiger partial charge < -0.3 is 0 Å². The number of allylic oxidation sites excluding steroid dienone is 7. The van der Waals surface area contributed by atoms with Crippen LogP contribution in [0.1, 0.15) is 6.42 Å². The molecule has 0 aromatic carbocycles. The zero-order valence-corrected chi connectivity index (χ0v) is 11.6. The molecule has 1 aliphatic rings. The average molecular weight is 245 g/mol. The van der Waals surface area contributed by atoms with Crippen molar-refractivity contribution in [3.05, 3.63) is 48.6 Å². The van der Waals surface area contributed by atoms with Crippen LogP contribution in [0.3, 0.4) is 0 Å². The fraction of sp³-hybridized carbons (Fsp3) is 0.333. The summed E-state index contributed by atoms with van der Waals surface area (Å²) < 4.78 is 0. The van der Waals surface area contributed by atoms with E-state index in [1.165, 1.54) is 5.57 Å². The Morgan fingerprint density at radius 1 is 1.36 bits per heavy atom. The van der Waals surface area contributed by atoms with Crippen molar-refractivity contribution in [2.24, 2.45) is 0 Å². The van der Waals surface area contributed by atoms with Crippen LogP contribution >= 0.6 is 7.92 Å². The Kier molecular flexibility index (Phi) is 13.0. The molecule has 0 aromatic rings. The van der Waals surface area contributed by atoms with Crippen molar-refractivity contribution in [2.45, 2.75) is 6.42 Å². The molecule has 0 saturated heterocycles. The monoisotopic (exact) mass is 245 g/mol. The first-order valence-corrected chi connectivity index (χ1v) is 7.11. The first kappa shape index (κ1) is 16.4. The molecule has 0 atom stereocenters. The van der Waals surface area contributed by atoms with Crippen molar-refractivity contribution < 1.29 is 18.6 Å². The van der Waals surface area contributed by atoms with Crippen LogP contribution in [0.4, 0.5) is 0 Å². The summed E-state index contributed by atoms with van der Waals surface area (Å²) in [5.41, 5.74) is 1.36. The molecule has 0 bridgehead atoms. The molecule has 0 heterocycles. The Balaban J connectivity index is 0. The predicted molar refractivity (Wildman–Crippen MR) is 65.9 cm³/mol. The Morgan fingerprint density at radius 2 is 1.93 bits per heavy atom. The Hall–Kier alpha value is -0.0256. The van der Waals surface area contributed by atoms with E-state index in [-0.39, 0.29) is 18.6 Å².